The van der Waals surface area contributed by atoms with Crippen LogP contribution in [0.3, 0.4) is 0 Å². The standard InChI is InChI=1S/C27H25BrN2O5/c1-13-8-17-11-20(13)23-22(17)25(32)30(26(23)33)19-6-4-16(5-7-19)27(34)35-12-21(31)29-18-9-14(2)24(28)15(3)10-18/h4-10,17,20,22-23H,11-12H2,1-3H3,(H,29,31)/t17-,20+,22+,23+/m0/s1. The number of carbonyl (C=O) groups is 4. The molecule has 0 unspecified atom stereocenters. The molecule has 1 N–H and O–H groups in total. The van der Waals surface area contributed by atoms with Crippen LogP contribution < -0.4 is 10.2 Å². The Morgan fingerprint density at radius 3 is 2.31 bits per heavy atom. The zero-order valence-electron chi connectivity index (χ0n) is 19.6. The zero-order chi connectivity index (χ0) is 25.0. The number of fused-ring (bicyclic) bond motifs is 5. The third-order valence-electron chi connectivity index (χ3n) is 7.30. The van der Waals surface area contributed by atoms with Crippen LogP contribution >= 0.6 is 15.9 Å². The molecule has 1 heterocycles. The number of hydrogen-bond donors (Lipinski definition) is 1. The van der Waals surface area contributed by atoms with Crippen molar-refractivity contribution >= 4 is 51.0 Å². The molecular weight excluding hydrogens is 512 g/mol. The van der Waals surface area contributed by atoms with E-state index in [0.29, 0.717) is 11.4 Å². The van der Waals surface area contributed by atoms with Crippen LogP contribution in [-0.4, -0.2) is 30.3 Å². The van der Waals surface area contributed by atoms with E-state index in [1.807, 2.05) is 32.9 Å². The maximum Gasteiger partial charge on any atom is 0.338 e. The molecule has 2 fully saturated rings. The Kier molecular flexibility index (Phi) is 5.87. The molecule has 1 aliphatic heterocycles. The molecule has 3 aliphatic rings. The van der Waals surface area contributed by atoms with Gasteiger partial charge in [0, 0.05) is 10.2 Å². The Morgan fingerprint density at radius 1 is 1.03 bits per heavy atom. The summed E-state index contributed by atoms with van der Waals surface area (Å²) >= 11 is 3.49. The van der Waals surface area contributed by atoms with Gasteiger partial charge in [0.15, 0.2) is 6.61 Å². The van der Waals surface area contributed by atoms with Crippen LogP contribution in [-0.2, 0) is 19.1 Å². The lowest BCUT2D eigenvalue weighted by Gasteiger charge is -2.19. The van der Waals surface area contributed by atoms with E-state index in [4.69, 9.17) is 4.74 Å². The predicted molar refractivity (Wildman–Crippen MR) is 134 cm³/mol. The van der Waals surface area contributed by atoms with E-state index in [2.05, 4.69) is 27.3 Å². The highest BCUT2D eigenvalue weighted by Crippen LogP contribution is 2.55. The molecule has 0 radical (unpaired) electrons. The maximum atomic E-state index is 13.1. The van der Waals surface area contributed by atoms with Gasteiger partial charge in [-0.15, -0.1) is 0 Å². The molecule has 2 bridgehead atoms. The first-order chi connectivity index (χ1) is 16.7. The Balaban J connectivity index is 1.20. The number of carbonyl (C=O) groups excluding carboxylic acids is 4. The monoisotopic (exact) mass is 536 g/mol. The van der Waals surface area contributed by atoms with E-state index in [-0.39, 0.29) is 41.0 Å². The number of aryl methyl sites for hydroxylation is 2. The Labute approximate surface area is 211 Å². The molecule has 5 rings (SSSR count). The normalized spacial score (nSPS) is 24.5. The van der Waals surface area contributed by atoms with Gasteiger partial charge < -0.3 is 10.1 Å². The number of halogens is 1. The molecule has 2 aromatic carbocycles. The van der Waals surface area contributed by atoms with Crippen LogP contribution in [0, 0.1) is 37.5 Å². The van der Waals surface area contributed by atoms with Gasteiger partial charge in [-0.05, 0) is 86.6 Å². The highest BCUT2D eigenvalue weighted by molar-refractivity contribution is 9.10. The largest absolute Gasteiger partial charge is 0.452 e. The zero-order valence-corrected chi connectivity index (χ0v) is 21.2. The molecule has 0 aromatic heterocycles. The third-order valence-corrected chi connectivity index (χ3v) is 8.55. The quantitative estimate of drug-likeness (QED) is 0.343. The molecule has 7 nitrogen and oxygen atoms in total. The molecule has 0 spiro atoms. The van der Waals surface area contributed by atoms with E-state index < -0.39 is 18.5 Å². The second-order valence-electron chi connectivity index (χ2n) is 9.58. The summed E-state index contributed by atoms with van der Waals surface area (Å²) in [7, 11) is 0. The second kappa shape index (κ2) is 8.75. The smallest absolute Gasteiger partial charge is 0.338 e. The average molecular weight is 537 g/mol. The van der Waals surface area contributed by atoms with Crippen molar-refractivity contribution in [1.82, 2.24) is 0 Å². The highest BCUT2D eigenvalue weighted by Gasteiger charge is 2.60. The fourth-order valence-corrected chi connectivity index (χ4v) is 5.93. The average Bonchev–Trinajstić information content (AvgIpc) is 3.46. The minimum atomic E-state index is -0.663. The van der Waals surface area contributed by atoms with Crippen molar-refractivity contribution in [2.75, 3.05) is 16.8 Å². The van der Waals surface area contributed by atoms with Gasteiger partial charge in [0.05, 0.1) is 23.1 Å². The van der Waals surface area contributed by atoms with E-state index >= 15 is 0 Å². The van der Waals surface area contributed by atoms with Gasteiger partial charge in [-0.2, -0.15) is 0 Å². The fourth-order valence-electron chi connectivity index (χ4n) is 5.70. The number of rotatable bonds is 5. The summed E-state index contributed by atoms with van der Waals surface area (Å²) in [5.74, 6) is -1.71. The van der Waals surface area contributed by atoms with Gasteiger partial charge >= 0.3 is 5.97 Å². The molecule has 3 amide bonds. The fraction of sp³-hybridized carbons (Fsp3) is 0.333. The van der Waals surface area contributed by atoms with Crippen molar-refractivity contribution in [2.24, 2.45) is 23.7 Å². The molecule has 2 aromatic rings. The molecule has 4 atom stereocenters. The number of allylic oxidation sites excluding steroid dienone is 2. The van der Waals surface area contributed by atoms with E-state index in [1.165, 1.54) is 22.6 Å². The Hall–Kier alpha value is -3.26. The third kappa shape index (κ3) is 3.99. The molecule has 1 saturated heterocycles. The predicted octanol–water partition coefficient (Wildman–Crippen LogP) is 4.56. The molecule has 1 saturated carbocycles. The number of imide groups is 1. The van der Waals surface area contributed by atoms with E-state index in [9.17, 15) is 19.2 Å². The second-order valence-corrected chi connectivity index (χ2v) is 10.4. The summed E-state index contributed by atoms with van der Waals surface area (Å²) in [6.45, 7) is 5.45. The lowest BCUT2D eigenvalue weighted by atomic mass is 9.82. The summed E-state index contributed by atoms with van der Waals surface area (Å²) in [4.78, 5) is 52.1. The van der Waals surface area contributed by atoms with Gasteiger partial charge in [-0.25, -0.2) is 4.79 Å². The summed E-state index contributed by atoms with van der Waals surface area (Å²) in [6.07, 6.45) is 3.01. The van der Waals surface area contributed by atoms with Crippen molar-refractivity contribution in [3.63, 3.8) is 0 Å². The van der Waals surface area contributed by atoms with Crippen LogP contribution in [0.2, 0.25) is 0 Å². The lowest BCUT2D eigenvalue weighted by molar-refractivity contribution is -0.123. The first-order valence-electron chi connectivity index (χ1n) is 11.6. The number of esters is 1. The minimum Gasteiger partial charge on any atom is -0.452 e. The van der Waals surface area contributed by atoms with E-state index in [0.717, 1.165) is 22.0 Å². The van der Waals surface area contributed by atoms with Crippen molar-refractivity contribution < 1.29 is 23.9 Å². The van der Waals surface area contributed by atoms with Crippen LogP contribution in [0.15, 0.2) is 52.5 Å². The summed E-state index contributed by atoms with van der Waals surface area (Å²) in [5, 5.41) is 2.73. The molecule has 180 valence electrons. The number of hydrogen-bond acceptors (Lipinski definition) is 5. The van der Waals surface area contributed by atoms with Crippen molar-refractivity contribution in [3.8, 4) is 0 Å². The van der Waals surface area contributed by atoms with Crippen LogP contribution in [0.4, 0.5) is 11.4 Å². The Bertz CT molecular complexity index is 1280. The summed E-state index contributed by atoms with van der Waals surface area (Å²) in [6, 6.07) is 9.81. The number of nitrogens with zero attached hydrogens (tertiary/aromatic N) is 1. The number of benzene rings is 2. The van der Waals surface area contributed by atoms with Crippen molar-refractivity contribution in [2.45, 2.75) is 27.2 Å². The van der Waals surface area contributed by atoms with Crippen LogP contribution in [0.5, 0.6) is 0 Å². The maximum absolute atomic E-state index is 13.1. The van der Waals surface area contributed by atoms with Gasteiger partial charge in [0.25, 0.3) is 5.91 Å². The highest BCUT2D eigenvalue weighted by atomic mass is 79.9. The molecule has 8 heteroatoms. The Morgan fingerprint density at radius 2 is 1.66 bits per heavy atom. The number of nitrogens with one attached hydrogen (secondary N) is 1. The molecule has 2 aliphatic carbocycles. The SMILES string of the molecule is CC1=C[C@H]2C[C@H]1[C@H]1C(=O)N(c3ccc(C(=O)OCC(=O)Nc4cc(C)c(Br)c(C)c4)cc3)C(=O)[C@@H]12. The number of anilines is 2. The van der Waals surface area contributed by atoms with Gasteiger partial charge in [-0.3, -0.25) is 19.3 Å². The number of ether oxygens (including phenoxy) is 1. The van der Waals surface area contributed by atoms with Gasteiger partial charge in [-0.1, -0.05) is 27.6 Å². The molecule has 35 heavy (non-hydrogen) atoms. The number of amides is 3. The summed E-state index contributed by atoms with van der Waals surface area (Å²) in [5.41, 5.74) is 4.46. The van der Waals surface area contributed by atoms with Gasteiger partial charge in [0.2, 0.25) is 11.8 Å². The van der Waals surface area contributed by atoms with E-state index in [1.54, 1.807) is 12.1 Å². The molecular formula is C27H25BrN2O5. The van der Waals surface area contributed by atoms with Crippen molar-refractivity contribution in [1.29, 1.82) is 0 Å². The lowest BCUT2D eigenvalue weighted by Crippen LogP contribution is -2.33. The minimum absolute atomic E-state index is 0.136. The van der Waals surface area contributed by atoms with Crippen LogP contribution in [0.1, 0.15) is 34.8 Å². The first kappa shape index (κ1) is 23.5. The van der Waals surface area contributed by atoms with Gasteiger partial charge in [0.1, 0.15) is 0 Å². The topological polar surface area (TPSA) is 92.8 Å². The summed E-state index contributed by atoms with van der Waals surface area (Å²) < 4.78 is 6.13. The van der Waals surface area contributed by atoms with Crippen molar-refractivity contribution in [3.05, 3.63) is 69.2 Å². The first-order valence-corrected chi connectivity index (χ1v) is 12.3. The van der Waals surface area contributed by atoms with Crippen LogP contribution in [0.25, 0.3) is 0 Å².